The molecule has 0 aliphatic heterocycles. The number of benzene rings is 2. The lowest BCUT2D eigenvalue weighted by molar-refractivity contribution is -0.121. The third-order valence-electron chi connectivity index (χ3n) is 5.19. The Kier molecular flexibility index (Phi) is 11.5. The van der Waals surface area contributed by atoms with Crippen LogP contribution >= 0.6 is 0 Å². The Hall–Kier alpha value is -3.65. The molecule has 0 unspecified atom stereocenters. The van der Waals surface area contributed by atoms with E-state index < -0.39 is 0 Å². The molecule has 3 rings (SSSR count). The minimum atomic E-state index is -0.279. The number of nitrogens with zero attached hydrogens (tertiary/aromatic N) is 3. The zero-order valence-corrected chi connectivity index (χ0v) is 21.4. The molecule has 0 fully saturated rings. The third kappa shape index (κ3) is 8.90. The largest absolute Gasteiger partial charge is 0.497 e. The number of likely N-dealkylation sites (N-methyl/N-ethyl adjacent to an activating group) is 1. The molecule has 2 amide bonds. The van der Waals surface area contributed by atoms with Gasteiger partial charge in [0.15, 0.2) is 0 Å². The fourth-order valence-corrected chi connectivity index (χ4v) is 3.41. The van der Waals surface area contributed by atoms with Gasteiger partial charge in [0.1, 0.15) is 5.75 Å². The summed E-state index contributed by atoms with van der Waals surface area (Å²) < 4.78 is 7.28. The van der Waals surface area contributed by atoms with Crippen molar-refractivity contribution < 1.29 is 14.3 Å². The maximum absolute atomic E-state index is 12.5. The normalized spacial score (nSPS) is 10.8. The van der Waals surface area contributed by atoms with Gasteiger partial charge in [0.25, 0.3) is 5.91 Å². The molecule has 2 aromatic carbocycles. The molecule has 3 aromatic rings. The quantitative estimate of drug-likeness (QED) is 0.323. The molecule has 8 heteroatoms. The van der Waals surface area contributed by atoms with E-state index in [1.54, 1.807) is 19.4 Å². The molecule has 0 spiro atoms. The van der Waals surface area contributed by atoms with Gasteiger partial charge in [0.05, 0.1) is 13.3 Å². The second-order valence-corrected chi connectivity index (χ2v) is 8.02. The Balaban J connectivity index is 0.00000210. The highest BCUT2D eigenvalue weighted by molar-refractivity contribution is 5.98. The second-order valence-electron chi connectivity index (χ2n) is 8.02. The highest BCUT2D eigenvalue weighted by Crippen LogP contribution is 2.18. The number of amides is 2. The SMILES string of the molecule is CC.COc1cccc(/C=N/NC(=O)c2ccc3c(ccn3CCCC(=O)NCCN(C)C)c2)c1. The molecule has 0 bridgehead atoms. The predicted molar refractivity (Wildman–Crippen MR) is 142 cm³/mol. The van der Waals surface area contributed by atoms with E-state index in [1.807, 2.05) is 81.5 Å². The number of aryl methyl sites for hydroxylation is 1. The summed E-state index contributed by atoms with van der Waals surface area (Å²) in [6, 6.07) is 14.9. The average Bonchev–Trinajstić information content (AvgIpc) is 3.27. The maximum atomic E-state index is 12.5. The Morgan fingerprint density at radius 3 is 2.66 bits per heavy atom. The van der Waals surface area contributed by atoms with Crippen LogP contribution in [-0.2, 0) is 11.3 Å². The summed E-state index contributed by atoms with van der Waals surface area (Å²) in [6.45, 7) is 6.23. The lowest BCUT2D eigenvalue weighted by Crippen LogP contribution is -2.31. The molecule has 8 nitrogen and oxygen atoms in total. The number of ether oxygens (including phenoxy) is 1. The van der Waals surface area contributed by atoms with Crippen LogP contribution in [0.15, 0.2) is 59.8 Å². The smallest absolute Gasteiger partial charge is 0.271 e. The van der Waals surface area contributed by atoms with Gasteiger partial charge in [0, 0.05) is 48.7 Å². The fourth-order valence-electron chi connectivity index (χ4n) is 3.41. The van der Waals surface area contributed by atoms with Crippen LogP contribution in [-0.4, -0.2) is 61.8 Å². The van der Waals surface area contributed by atoms with Crippen molar-refractivity contribution in [3.63, 3.8) is 0 Å². The molecule has 0 aliphatic rings. The maximum Gasteiger partial charge on any atom is 0.271 e. The number of hydrogen-bond acceptors (Lipinski definition) is 5. The molecule has 35 heavy (non-hydrogen) atoms. The first kappa shape index (κ1) is 27.6. The van der Waals surface area contributed by atoms with Crippen molar-refractivity contribution in [2.75, 3.05) is 34.3 Å². The molecule has 0 aliphatic carbocycles. The van der Waals surface area contributed by atoms with E-state index in [0.717, 1.165) is 41.7 Å². The van der Waals surface area contributed by atoms with Crippen LogP contribution in [0.25, 0.3) is 10.9 Å². The number of rotatable bonds is 11. The highest BCUT2D eigenvalue weighted by Gasteiger charge is 2.09. The summed E-state index contributed by atoms with van der Waals surface area (Å²) in [5, 5.41) is 7.94. The summed E-state index contributed by atoms with van der Waals surface area (Å²) in [5.74, 6) is 0.519. The number of carbonyl (C=O) groups excluding carboxylic acids is 2. The van der Waals surface area contributed by atoms with Gasteiger partial charge < -0.3 is 19.5 Å². The summed E-state index contributed by atoms with van der Waals surface area (Å²) in [5.41, 5.74) is 4.95. The first-order valence-electron chi connectivity index (χ1n) is 11.9. The first-order chi connectivity index (χ1) is 17.0. The van der Waals surface area contributed by atoms with Gasteiger partial charge in [-0.25, -0.2) is 5.43 Å². The van der Waals surface area contributed by atoms with Crippen LogP contribution in [0.3, 0.4) is 0 Å². The van der Waals surface area contributed by atoms with Gasteiger partial charge in [-0.05, 0) is 62.5 Å². The van der Waals surface area contributed by atoms with E-state index in [2.05, 4.69) is 20.4 Å². The second kappa shape index (κ2) is 14.6. The molecule has 2 N–H and O–H groups in total. The number of aromatic nitrogens is 1. The van der Waals surface area contributed by atoms with Gasteiger partial charge in [0.2, 0.25) is 5.91 Å². The molecule has 1 heterocycles. The van der Waals surface area contributed by atoms with Gasteiger partial charge in [-0.15, -0.1) is 0 Å². The molecule has 1 aromatic heterocycles. The molecule has 0 saturated carbocycles. The number of hydrazone groups is 1. The van der Waals surface area contributed by atoms with Crippen LogP contribution < -0.4 is 15.5 Å². The summed E-state index contributed by atoms with van der Waals surface area (Å²) in [4.78, 5) is 26.5. The summed E-state index contributed by atoms with van der Waals surface area (Å²) in [6.07, 6.45) is 4.79. The zero-order valence-electron chi connectivity index (χ0n) is 21.4. The van der Waals surface area contributed by atoms with Crippen LogP contribution in [0.2, 0.25) is 0 Å². The van der Waals surface area contributed by atoms with E-state index >= 15 is 0 Å². The van der Waals surface area contributed by atoms with Crippen molar-refractivity contribution in [3.05, 3.63) is 65.9 Å². The van der Waals surface area contributed by atoms with E-state index in [9.17, 15) is 9.59 Å². The van der Waals surface area contributed by atoms with E-state index in [1.165, 1.54) is 0 Å². The predicted octanol–water partition coefficient (Wildman–Crippen LogP) is 3.90. The minimum absolute atomic E-state index is 0.0711. The van der Waals surface area contributed by atoms with Crippen molar-refractivity contribution in [1.82, 2.24) is 20.2 Å². The van der Waals surface area contributed by atoms with Gasteiger partial charge in [-0.3, -0.25) is 9.59 Å². The molecule has 0 atom stereocenters. The van der Waals surface area contributed by atoms with Gasteiger partial charge in [-0.2, -0.15) is 5.10 Å². The Morgan fingerprint density at radius 2 is 1.91 bits per heavy atom. The highest BCUT2D eigenvalue weighted by atomic mass is 16.5. The monoisotopic (exact) mass is 479 g/mol. The summed E-state index contributed by atoms with van der Waals surface area (Å²) >= 11 is 0. The number of nitrogens with one attached hydrogen (secondary N) is 2. The van der Waals surface area contributed by atoms with Crippen molar-refractivity contribution >= 4 is 28.9 Å². The molecular weight excluding hydrogens is 442 g/mol. The van der Waals surface area contributed by atoms with Gasteiger partial charge in [-0.1, -0.05) is 26.0 Å². The van der Waals surface area contributed by atoms with E-state index in [-0.39, 0.29) is 11.8 Å². The minimum Gasteiger partial charge on any atom is -0.497 e. The third-order valence-corrected chi connectivity index (χ3v) is 5.19. The lowest BCUT2D eigenvalue weighted by atomic mass is 10.1. The van der Waals surface area contributed by atoms with Crippen molar-refractivity contribution in [2.24, 2.45) is 5.10 Å². The van der Waals surface area contributed by atoms with Crippen LogP contribution in [0, 0.1) is 0 Å². The van der Waals surface area contributed by atoms with E-state index in [0.29, 0.717) is 18.5 Å². The van der Waals surface area contributed by atoms with E-state index in [4.69, 9.17) is 4.74 Å². The average molecular weight is 480 g/mol. The van der Waals surface area contributed by atoms with Crippen molar-refractivity contribution in [2.45, 2.75) is 33.2 Å². The molecule has 0 saturated heterocycles. The number of carbonyl (C=O) groups is 2. The van der Waals surface area contributed by atoms with Crippen molar-refractivity contribution in [1.29, 1.82) is 0 Å². The van der Waals surface area contributed by atoms with Crippen LogP contribution in [0.4, 0.5) is 0 Å². The standard InChI is InChI=1S/C25H31N5O3.C2H6/c1-29(2)15-12-26-24(31)8-5-13-30-14-11-20-17-21(9-10-23(20)30)25(32)28-27-18-19-6-4-7-22(16-19)33-3;1-2/h4,6-7,9-11,14,16-18H,5,8,12-13,15H2,1-3H3,(H,26,31)(H,28,32);1-2H3/b27-18+;. The topological polar surface area (TPSA) is 88.0 Å². The number of methoxy groups -OCH3 is 1. The van der Waals surface area contributed by atoms with Crippen LogP contribution in [0.1, 0.15) is 42.6 Å². The Morgan fingerprint density at radius 1 is 1.11 bits per heavy atom. The fraction of sp³-hybridized carbons (Fsp3) is 0.370. The first-order valence-corrected chi connectivity index (χ1v) is 11.9. The number of hydrogen-bond donors (Lipinski definition) is 2. The zero-order chi connectivity index (χ0) is 25.6. The Bertz CT molecular complexity index is 1120. The molecule has 0 radical (unpaired) electrons. The van der Waals surface area contributed by atoms with Gasteiger partial charge >= 0.3 is 0 Å². The van der Waals surface area contributed by atoms with Crippen molar-refractivity contribution in [3.8, 4) is 5.75 Å². The number of fused-ring (bicyclic) bond motifs is 1. The molecular formula is C27H37N5O3. The lowest BCUT2D eigenvalue weighted by Gasteiger charge is -2.10. The van der Waals surface area contributed by atoms with Crippen LogP contribution in [0.5, 0.6) is 5.75 Å². The Labute approximate surface area is 208 Å². The molecule has 188 valence electrons. The summed E-state index contributed by atoms with van der Waals surface area (Å²) in [7, 11) is 5.56.